The molecule has 1 aromatic carbocycles. The summed E-state index contributed by atoms with van der Waals surface area (Å²) in [5, 5.41) is 3.41. The average Bonchev–Trinajstić information content (AvgIpc) is 2.48. The van der Waals surface area contributed by atoms with E-state index in [9.17, 15) is 0 Å². The maximum absolute atomic E-state index is 4.78. The molecule has 1 N–H and O–H groups in total. The van der Waals surface area contributed by atoms with Crippen molar-refractivity contribution in [3.05, 3.63) is 59.2 Å². The number of aryl methyl sites for hydroxylation is 1. The van der Waals surface area contributed by atoms with E-state index in [1.807, 2.05) is 13.0 Å². The Bertz CT molecular complexity index is 576. The summed E-state index contributed by atoms with van der Waals surface area (Å²) in [6.45, 7) is 10.4. The standard InChI is InChI=1S/C18H25N3/c1-5-11-19-13-16-12-14(2)20-17(21-16)18(3,4)15-9-7-6-8-10-15/h6-10,12,19H,5,11,13H2,1-4H3. The van der Waals surface area contributed by atoms with Crippen LogP contribution >= 0.6 is 0 Å². The minimum atomic E-state index is -0.188. The third-order valence-electron chi connectivity index (χ3n) is 3.69. The molecule has 0 atom stereocenters. The van der Waals surface area contributed by atoms with E-state index in [1.54, 1.807) is 0 Å². The van der Waals surface area contributed by atoms with Gasteiger partial charge in [0.15, 0.2) is 0 Å². The highest BCUT2D eigenvalue weighted by Gasteiger charge is 2.26. The molecule has 0 aliphatic heterocycles. The van der Waals surface area contributed by atoms with Crippen molar-refractivity contribution in [2.45, 2.75) is 46.1 Å². The van der Waals surface area contributed by atoms with Gasteiger partial charge in [0.05, 0.1) is 5.69 Å². The SMILES string of the molecule is CCCNCc1cc(C)nc(C(C)(C)c2ccccc2)n1. The topological polar surface area (TPSA) is 37.8 Å². The largest absolute Gasteiger partial charge is 0.311 e. The van der Waals surface area contributed by atoms with E-state index in [-0.39, 0.29) is 5.41 Å². The highest BCUT2D eigenvalue weighted by Crippen LogP contribution is 2.28. The summed E-state index contributed by atoms with van der Waals surface area (Å²) < 4.78 is 0. The minimum absolute atomic E-state index is 0.188. The maximum Gasteiger partial charge on any atom is 0.138 e. The molecule has 0 spiro atoms. The van der Waals surface area contributed by atoms with Crippen LogP contribution in [-0.4, -0.2) is 16.5 Å². The number of hydrogen-bond donors (Lipinski definition) is 1. The van der Waals surface area contributed by atoms with Gasteiger partial charge in [-0.15, -0.1) is 0 Å². The molecule has 2 aromatic rings. The van der Waals surface area contributed by atoms with Crippen molar-refractivity contribution < 1.29 is 0 Å². The highest BCUT2D eigenvalue weighted by atomic mass is 14.9. The van der Waals surface area contributed by atoms with Crippen LogP contribution in [0.25, 0.3) is 0 Å². The molecule has 21 heavy (non-hydrogen) atoms. The Morgan fingerprint density at radius 3 is 2.48 bits per heavy atom. The fourth-order valence-electron chi connectivity index (χ4n) is 2.38. The van der Waals surface area contributed by atoms with Gasteiger partial charge in [0.1, 0.15) is 5.82 Å². The van der Waals surface area contributed by atoms with Crippen molar-refractivity contribution in [2.75, 3.05) is 6.54 Å². The molecule has 0 bridgehead atoms. The molecule has 0 amide bonds. The van der Waals surface area contributed by atoms with Crippen molar-refractivity contribution in [2.24, 2.45) is 0 Å². The second-order valence-corrected chi connectivity index (χ2v) is 5.99. The van der Waals surface area contributed by atoms with Crippen LogP contribution in [0.15, 0.2) is 36.4 Å². The summed E-state index contributed by atoms with van der Waals surface area (Å²) in [6, 6.07) is 12.5. The van der Waals surface area contributed by atoms with Gasteiger partial charge >= 0.3 is 0 Å². The van der Waals surface area contributed by atoms with Gasteiger partial charge < -0.3 is 5.32 Å². The number of benzene rings is 1. The molecule has 0 saturated heterocycles. The smallest absolute Gasteiger partial charge is 0.138 e. The van der Waals surface area contributed by atoms with Crippen LogP contribution in [0, 0.1) is 6.92 Å². The summed E-state index contributed by atoms with van der Waals surface area (Å²) in [7, 11) is 0. The predicted octanol–water partition coefficient (Wildman–Crippen LogP) is 3.61. The Morgan fingerprint density at radius 1 is 1.10 bits per heavy atom. The van der Waals surface area contributed by atoms with E-state index in [2.05, 4.69) is 61.4 Å². The summed E-state index contributed by atoms with van der Waals surface area (Å²) in [5.74, 6) is 0.891. The van der Waals surface area contributed by atoms with E-state index in [0.717, 1.165) is 36.7 Å². The molecule has 1 heterocycles. The lowest BCUT2D eigenvalue weighted by Crippen LogP contribution is -2.24. The average molecular weight is 283 g/mol. The second kappa shape index (κ2) is 6.81. The first-order chi connectivity index (χ1) is 10.0. The first kappa shape index (κ1) is 15.6. The lowest BCUT2D eigenvalue weighted by Gasteiger charge is -2.24. The first-order valence-electron chi connectivity index (χ1n) is 7.65. The summed E-state index contributed by atoms with van der Waals surface area (Å²) >= 11 is 0. The lowest BCUT2D eigenvalue weighted by molar-refractivity contribution is 0.574. The third kappa shape index (κ3) is 3.88. The molecule has 0 aliphatic rings. The Morgan fingerprint density at radius 2 is 1.81 bits per heavy atom. The molecule has 0 saturated carbocycles. The third-order valence-corrected chi connectivity index (χ3v) is 3.69. The number of aromatic nitrogens is 2. The number of hydrogen-bond acceptors (Lipinski definition) is 3. The molecule has 0 fully saturated rings. The van der Waals surface area contributed by atoms with E-state index < -0.39 is 0 Å². The van der Waals surface area contributed by atoms with E-state index in [4.69, 9.17) is 4.98 Å². The Hall–Kier alpha value is -1.74. The predicted molar refractivity (Wildman–Crippen MR) is 87.3 cm³/mol. The zero-order valence-electron chi connectivity index (χ0n) is 13.5. The molecule has 0 aliphatic carbocycles. The van der Waals surface area contributed by atoms with Crippen LogP contribution in [0.4, 0.5) is 0 Å². The van der Waals surface area contributed by atoms with Crippen molar-refractivity contribution in [1.82, 2.24) is 15.3 Å². The van der Waals surface area contributed by atoms with Crippen LogP contribution in [0.3, 0.4) is 0 Å². The van der Waals surface area contributed by atoms with Crippen molar-refractivity contribution in [3.8, 4) is 0 Å². The van der Waals surface area contributed by atoms with Crippen LogP contribution < -0.4 is 5.32 Å². The van der Waals surface area contributed by atoms with Gasteiger partial charge in [-0.25, -0.2) is 9.97 Å². The first-order valence-corrected chi connectivity index (χ1v) is 7.65. The molecule has 3 heteroatoms. The second-order valence-electron chi connectivity index (χ2n) is 5.99. The maximum atomic E-state index is 4.78. The highest BCUT2D eigenvalue weighted by molar-refractivity contribution is 5.31. The van der Waals surface area contributed by atoms with Gasteiger partial charge in [0.25, 0.3) is 0 Å². The zero-order valence-corrected chi connectivity index (χ0v) is 13.5. The lowest BCUT2D eigenvalue weighted by atomic mass is 9.83. The van der Waals surface area contributed by atoms with Crippen LogP contribution in [0.1, 0.15) is 50.0 Å². The zero-order chi connectivity index (χ0) is 15.3. The van der Waals surface area contributed by atoms with Crippen molar-refractivity contribution in [3.63, 3.8) is 0 Å². The van der Waals surface area contributed by atoms with Gasteiger partial charge in [-0.2, -0.15) is 0 Å². The minimum Gasteiger partial charge on any atom is -0.311 e. The number of nitrogens with one attached hydrogen (secondary N) is 1. The van der Waals surface area contributed by atoms with Gasteiger partial charge in [-0.3, -0.25) is 0 Å². The monoisotopic (exact) mass is 283 g/mol. The molecular formula is C18H25N3. The van der Waals surface area contributed by atoms with Gasteiger partial charge in [0, 0.05) is 17.7 Å². The van der Waals surface area contributed by atoms with Gasteiger partial charge in [0.2, 0.25) is 0 Å². The summed E-state index contributed by atoms with van der Waals surface area (Å²) in [4.78, 5) is 9.45. The normalized spacial score (nSPS) is 11.6. The van der Waals surface area contributed by atoms with E-state index >= 15 is 0 Å². The number of nitrogens with zero attached hydrogens (tertiary/aromatic N) is 2. The Kier molecular flexibility index (Phi) is 5.07. The summed E-state index contributed by atoms with van der Waals surface area (Å²) in [5.41, 5.74) is 3.14. The van der Waals surface area contributed by atoms with Crippen LogP contribution in [-0.2, 0) is 12.0 Å². The van der Waals surface area contributed by atoms with Crippen LogP contribution in [0.2, 0.25) is 0 Å². The Labute approximate surface area is 127 Å². The molecule has 0 radical (unpaired) electrons. The van der Waals surface area contributed by atoms with Crippen molar-refractivity contribution in [1.29, 1.82) is 0 Å². The van der Waals surface area contributed by atoms with E-state index in [0.29, 0.717) is 0 Å². The summed E-state index contributed by atoms with van der Waals surface area (Å²) in [6.07, 6.45) is 1.13. The molecule has 1 aromatic heterocycles. The number of rotatable bonds is 6. The molecular weight excluding hydrogens is 258 g/mol. The van der Waals surface area contributed by atoms with Gasteiger partial charge in [-0.05, 0) is 45.4 Å². The van der Waals surface area contributed by atoms with Crippen molar-refractivity contribution >= 4 is 0 Å². The molecule has 112 valence electrons. The molecule has 0 unspecified atom stereocenters. The van der Waals surface area contributed by atoms with E-state index in [1.165, 1.54) is 5.56 Å². The quantitative estimate of drug-likeness (QED) is 0.823. The van der Waals surface area contributed by atoms with Gasteiger partial charge in [-0.1, -0.05) is 37.3 Å². The molecule has 3 nitrogen and oxygen atoms in total. The Balaban J connectivity index is 2.30. The fourth-order valence-corrected chi connectivity index (χ4v) is 2.38. The van der Waals surface area contributed by atoms with Crippen LogP contribution in [0.5, 0.6) is 0 Å². The molecule has 2 rings (SSSR count). The fraction of sp³-hybridized carbons (Fsp3) is 0.444.